The molecule has 0 bridgehead atoms. The van der Waals surface area contributed by atoms with Crippen LogP contribution < -0.4 is 15.4 Å². The van der Waals surface area contributed by atoms with Gasteiger partial charge in [-0.25, -0.2) is 4.79 Å². The van der Waals surface area contributed by atoms with Gasteiger partial charge in [-0.05, 0) is 69.7 Å². The first-order valence-electron chi connectivity index (χ1n) is 7.75. The quantitative estimate of drug-likeness (QED) is 0.837. The van der Waals surface area contributed by atoms with Gasteiger partial charge in [0.2, 0.25) is 0 Å². The van der Waals surface area contributed by atoms with Crippen LogP contribution in [0.4, 0.5) is 4.79 Å². The third-order valence-corrected chi connectivity index (χ3v) is 3.46. The van der Waals surface area contributed by atoms with E-state index in [1.807, 2.05) is 26.8 Å². The van der Waals surface area contributed by atoms with Crippen LogP contribution in [0.3, 0.4) is 0 Å². The Morgan fingerprint density at radius 3 is 2.62 bits per heavy atom. The Hall–Kier alpha value is -1.71. The molecule has 0 aromatic heterocycles. The summed E-state index contributed by atoms with van der Waals surface area (Å²) in [5.41, 5.74) is 2.65. The molecule has 116 valence electrons. The summed E-state index contributed by atoms with van der Waals surface area (Å²) < 4.78 is 5.71. The van der Waals surface area contributed by atoms with Crippen molar-refractivity contribution >= 4 is 6.03 Å². The van der Waals surface area contributed by atoms with Gasteiger partial charge in [0.25, 0.3) is 0 Å². The average Bonchev–Trinajstić information content (AvgIpc) is 2.41. The van der Waals surface area contributed by atoms with E-state index in [0.717, 1.165) is 12.2 Å². The van der Waals surface area contributed by atoms with Crippen LogP contribution in [0.25, 0.3) is 0 Å². The maximum absolute atomic E-state index is 11.6. The van der Waals surface area contributed by atoms with E-state index in [1.165, 1.54) is 30.4 Å². The molecular formula is C17H26N2O2. The van der Waals surface area contributed by atoms with Gasteiger partial charge in [-0.15, -0.1) is 0 Å². The van der Waals surface area contributed by atoms with E-state index < -0.39 is 0 Å². The van der Waals surface area contributed by atoms with Gasteiger partial charge in [-0.2, -0.15) is 0 Å². The van der Waals surface area contributed by atoms with Gasteiger partial charge < -0.3 is 15.4 Å². The molecule has 0 aliphatic heterocycles. The summed E-state index contributed by atoms with van der Waals surface area (Å²) in [4.78, 5) is 11.6. The van der Waals surface area contributed by atoms with Crippen molar-refractivity contribution < 1.29 is 9.53 Å². The zero-order chi connectivity index (χ0) is 15.3. The van der Waals surface area contributed by atoms with E-state index in [1.54, 1.807) is 0 Å². The molecule has 0 saturated carbocycles. The first kappa shape index (κ1) is 15.7. The van der Waals surface area contributed by atoms with E-state index in [2.05, 4.69) is 22.8 Å². The topological polar surface area (TPSA) is 50.4 Å². The Bertz CT molecular complexity index is 492. The smallest absolute Gasteiger partial charge is 0.315 e. The van der Waals surface area contributed by atoms with Crippen molar-refractivity contribution in [2.45, 2.75) is 52.0 Å². The number of hydrogen-bond donors (Lipinski definition) is 2. The molecule has 21 heavy (non-hydrogen) atoms. The highest BCUT2D eigenvalue weighted by Crippen LogP contribution is 2.25. The van der Waals surface area contributed by atoms with Crippen molar-refractivity contribution in [3.63, 3.8) is 0 Å². The number of carbonyl (C=O) groups excluding carboxylic acids is 1. The molecule has 1 aromatic rings. The molecule has 4 nitrogen and oxygen atoms in total. The molecule has 0 saturated heterocycles. The molecule has 0 radical (unpaired) electrons. The predicted octanol–water partition coefficient (Wildman–Crippen LogP) is 3.04. The normalized spacial score (nSPS) is 14.2. The first-order valence-corrected chi connectivity index (χ1v) is 7.75. The third kappa shape index (κ3) is 5.29. The molecule has 0 fully saturated rings. The summed E-state index contributed by atoms with van der Waals surface area (Å²) in [5, 5.41) is 5.65. The number of amides is 2. The highest BCUT2D eigenvalue weighted by atomic mass is 16.5. The minimum atomic E-state index is -0.219. The maximum Gasteiger partial charge on any atom is 0.315 e. The van der Waals surface area contributed by atoms with Crippen molar-refractivity contribution in [2.75, 3.05) is 13.2 Å². The van der Waals surface area contributed by atoms with Crippen LogP contribution in [-0.4, -0.2) is 24.7 Å². The second-order valence-corrected chi connectivity index (χ2v) is 6.62. The fourth-order valence-electron chi connectivity index (χ4n) is 2.52. The third-order valence-electron chi connectivity index (χ3n) is 3.46. The van der Waals surface area contributed by atoms with E-state index in [9.17, 15) is 4.79 Å². The minimum absolute atomic E-state index is 0.156. The molecule has 2 amide bonds. The molecule has 1 aliphatic rings. The van der Waals surface area contributed by atoms with Gasteiger partial charge in [0.15, 0.2) is 0 Å². The number of benzene rings is 1. The van der Waals surface area contributed by atoms with Crippen LogP contribution in [0.15, 0.2) is 18.2 Å². The molecule has 1 aliphatic carbocycles. The maximum atomic E-state index is 11.6. The molecule has 2 rings (SSSR count). The average molecular weight is 290 g/mol. The fourth-order valence-corrected chi connectivity index (χ4v) is 2.52. The lowest BCUT2D eigenvalue weighted by molar-refractivity contribution is 0.228. The van der Waals surface area contributed by atoms with Gasteiger partial charge in [-0.1, -0.05) is 6.07 Å². The van der Waals surface area contributed by atoms with Gasteiger partial charge in [0, 0.05) is 5.54 Å². The SMILES string of the molecule is CC(C)(C)NC(=O)NCCOc1ccc2c(c1)CCCC2. The van der Waals surface area contributed by atoms with E-state index in [4.69, 9.17) is 4.74 Å². The lowest BCUT2D eigenvalue weighted by Gasteiger charge is -2.21. The zero-order valence-corrected chi connectivity index (χ0v) is 13.3. The van der Waals surface area contributed by atoms with Crippen LogP contribution in [0.5, 0.6) is 5.75 Å². The van der Waals surface area contributed by atoms with Crippen LogP contribution in [0.2, 0.25) is 0 Å². The fraction of sp³-hybridized carbons (Fsp3) is 0.588. The summed E-state index contributed by atoms with van der Waals surface area (Å²) in [6, 6.07) is 6.18. The summed E-state index contributed by atoms with van der Waals surface area (Å²) in [7, 11) is 0. The van der Waals surface area contributed by atoms with E-state index in [-0.39, 0.29) is 11.6 Å². The highest BCUT2D eigenvalue weighted by Gasteiger charge is 2.13. The summed E-state index contributed by atoms with van der Waals surface area (Å²) >= 11 is 0. The Morgan fingerprint density at radius 1 is 1.19 bits per heavy atom. The van der Waals surface area contributed by atoms with Gasteiger partial charge in [0.05, 0.1) is 6.54 Å². The molecule has 0 spiro atoms. The van der Waals surface area contributed by atoms with E-state index >= 15 is 0 Å². The Balaban J connectivity index is 1.73. The van der Waals surface area contributed by atoms with Crippen molar-refractivity contribution in [3.8, 4) is 5.75 Å². The molecule has 0 unspecified atom stereocenters. The summed E-state index contributed by atoms with van der Waals surface area (Å²) in [5.74, 6) is 0.897. The molecule has 2 N–H and O–H groups in total. The second-order valence-electron chi connectivity index (χ2n) is 6.62. The number of ether oxygens (including phenoxy) is 1. The molecular weight excluding hydrogens is 264 g/mol. The Labute approximate surface area is 127 Å². The van der Waals surface area contributed by atoms with Gasteiger partial charge >= 0.3 is 6.03 Å². The van der Waals surface area contributed by atoms with Crippen LogP contribution >= 0.6 is 0 Å². The summed E-state index contributed by atoms with van der Waals surface area (Å²) in [6.07, 6.45) is 4.90. The lowest BCUT2D eigenvalue weighted by atomic mass is 9.92. The Morgan fingerprint density at radius 2 is 1.90 bits per heavy atom. The van der Waals surface area contributed by atoms with Crippen molar-refractivity contribution in [1.29, 1.82) is 0 Å². The van der Waals surface area contributed by atoms with Crippen LogP contribution in [0, 0.1) is 0 Å². The van der Waals surface area contributed by atoms with E-state index in [0.29, 0.717) is 13.2 Å². The lowest BCUT2D eigenvalue weighted by Crippen LogP contribution is -2.47. The number of hydrogen-bond acceptors (Lipinski definition) is 2. The number of carbonyl (C=O) groups is 1. The highest BCUT2D eigenvalue weighted by molar-refractivity contribution is 5.74. The largest absolute Gasteiger partial charge is 0.492 e. The van der Waals surface area contributed by atoms with Crippen LogP contribution in [-0.2, 0) is 12.8 Å². The first-order chi connectivity index (χ1) is 9.94. The molecule has 1 aromatic carbocycles. The number of nitrogens with one attached hydrogen (secondary N) is 2. The minimum Gasteiger partial charge on any atom is -0.492 e. The molecule has 0 atom stereocenters. The van der Waals surface area contributed by atoms with Gasteiger partial charge in [-0.3, -0.25) is 0 Å². The van der Waals surface area contributed by atoms with Crippen molar-refractivity contribution in [1.82, 2.24) is 10.6 Å². The number of urea groups is 1. The second kappa shape index (κ2) is 6.83. The standard InChI is InChI=1S/C17H26N2O2/c1-17(2,3)19-16(20)18-10-11-21-15-9-8-13-6-4-5-7-14(13)12-15/h8-9,12H,4-7,10-11H2,1-3H3,(H2,18,19,20). The van der Waals surface area contributed by atoms with Gasteiger partial charge in [0.1, 0.15) is 12.4 Å². The van der Waals surface area contributed by atoms with Crippen LogP contribution in [0.1, 0.15) is 44.7 Å². The summed E-state index contributed by atoms with van der Waals surface area (Å²) in [6.45, 7) is 6.85. The predicted molar refractivity (Wildman–Crippen MR) is 84.9 cm³/mol. The molecule has 4 heteroatoms. The van der Waals surface area contributed by atoms with Crippen molar-refractivity contribution in [3.05, 3.63) is 29.3 Å². The Kier molecular flexibility index (Phi) is 5.10. The monoisotopic (exact) mass is 290 g/mol. The zero-order valence-electron chi connectivity index (χ0n) is 13.3. The number of rotatable bonds is 4. The van der Waals surface area contributed by atoms with Crippen molar-refractivity contribution in [2.24, 2.45) is 0 Å². The number of aryl methyl sites for hydroxylation is 2. The molecule has 0 heterocycles. The number of fused-ring (bicyclic) bond motifs is 1.